The molecule has 0 N–H and O–H groups in total. The van der Waals surface area contributed by atoms with Crippen LogP contribution in [0.25, 0.3) is 0 Å². The molecule has 0 amide bonds. The van der Waals surface area contributed by atoms with Crippen molar-refractivity contribution in [3.63, 3.8) is 0 Å². The molecule has 0 spiro atoms. The minimum Gasteiger partial charge on any atom is -0.121 e. The first kappa shape index (κ1) is 9.42. The smallest absolute Gasteiger partial charge is 0.0526 e. The summed E-state index contributed by atoms with van der Waals surface area (Å²) < 4.78 is 0. The maximum absolute atomic E-state index is 6.17. The number of hydrogen-bond acceptors (Lipinski definition) is 1. The molecule has 2 unspecified atom stereocenters. The molecule has 1 aliphatic carbocycles. The van der Waals surface area contributed by atoms with E-state index in [0.717, 1.165) is 0 Å². The molecule has 13 heavy (non-hydrogen) atoms. The summed E-state index contributed by atoms with van der Waals surface area (Å²) in [5.74, 6) is 0. The molecule has 1 aliphatic rings. The second kappa shape index (κ2) is 3.21. The highest BCUT2D eigenvalue weighted by Crippen LogP contribution is 2.58. The predicted molar refractivity (Wildman–Crippen MR) is 59.5 cm³/mol. The van der Waals surface area contributed by atoms with E-state index in [9.17, 15) is 0 Å². The van der Waals surface area contributed by atoms with Gasteiger partial charge in [-0.3, -0.25) is 0 Å². The first-order chi connectivity index (χ1) is 6.12. The summed E-state index contributed by atoms with van der Waals surface area (Å²) in [7, 11) is 0. The van der Waals surface area contributed by atoms with Crippen molar-refractivity contribution in [3.05, 3.63) is 30.3 Å². The average molecular weight is 213 g/mol. The lowest BCUT2D eigenvalue weighted by Crippen LogP contribution is -1.90. The molecule has 1 fully saturated rings. The first-order valence-corrected chi connectivity index (χ1v) is 5.80. The predicted octanol–water partition coefficient (Wildman–Crippen LogP) is 3.79. The summed E-state index contributed by atoms with van der Waals surface area (Å²) in [4.78, 5) is 1.32. The molecule has 0 saturated heterocycles. The van der Waals surface area contributed by atoms with Crippen LogP contribution in [0, 0.1) is 5.41 Å². The van der Waals surface area contributed by atoms with Gasteiger partial charge < -0.3 is 0 Å². The van der Waals surface area contributed by atoms with Crippen LogP contribution in [0.2, 0.25) is 0 Å². The van der Waals surface area contributed by atoms with Gasteiger partial charge in [0.25, 0.3) is 0 Å². The Bertz CT molecular complexity index is 294. The lowest BCUT2D eigenvalue weighted by molar-refractivity contribution is 0.659. The molecule has 0 aliphatic heterocycles. The van der Waals surface area contributed by atoms with Gasteiger partial charge in [-0.05, 0) is 17.5 Å². The van der Waals surface area contributed by atoms with Gasteiger partial charge in [0.15, 0.2) is 0 Å². The minimum absolute atomic E-state index is 0.308. The van der Waals surface area contributed by atoms with Crippen molar-refractivity contribution in [2.24, 2.45) is 5.41 Å². The highest BCUT2D eigenvalue weighted by molar-refractivity contribution is 8.00. The Morgan fingerprint density at radius 1 is 1.23 bits per heavy atom. The van der Waals surface area contributed by atoms with E-state index in [4.69, 9.17) is 11.6 Å². The summed E-state index contributed by atoms with van der Waals surface area (Å²) in [5, 5.41) is 0.911. The summed E-state index contributed by atoms with van der Waals surface area (Å²) in [6, 6.07) is 10.5. The van der Waals surface area contributed by atoms with Crippen molar-refractivity contribution >= 4 is 23.4 Å². The fourth-order valence-electron chi connectivity index (χ4n) is 1.39. The van der Waals surface area contributed by atoms with E-state index in [1.165, 1.54) is 4.90 Å². The number of hydrogen-bond donors (Lipinski definition) is 0. The van der Waals surface area contributed by atoms with Crippen LogP contribution in [0.15, 0.2) is 35.2 Å². The van der Waals surface area contributed by atoms with E-state index in [-0.39, 0.29) is 0 Å². The summed E-state index contributed by atoms with van der Waals surface area (Å²) >= 11 is 8.07. The van der Waals surface area contributed by atoms with E-state index in [0.29, 0.717) is 16.0 Å². The lowest BCUT2D eigenvalue weighted by Gasteiger charge is -2.01. The number of halogens is 1. The third kappa shape index (κ3) is 1.72. The van der Waals surface area contributed by atoms with Crippen LogP contribution in [0.5, 0.6) is 0 Å². The Balaban J connectivity index is 2.02. The maximum atomic E-state index is 6.17. The van der Waals surface area contributed by atoms with Crippen molar-refractivity contribution in [2.75, 3.05) is 0 Å². The molecular formula is C11H13ClS. The van der Waals surface area contributed by atoms with Crippen LogP contribution in [0.4, 0.5) is 0 Å². The molecule has 70 valence electrons. The van der Waals surface area contributed by atoms with Crippen molar-refractivity contribution < 1.29 is 0 Å². The molecule has 0 heterocycles. The molecule has 2 heteroatoms. The molecule has 1 saturated carbocycles. The van der Waals surface area contributed by atoms with Crippen molar-refractivity contribution in [2.45, 2.75) is 29.4 Å². The van der Waals surface area contributed by atoms with Gasteiger partial charge in [0.05, 0.1) is 5.38 Å². The number of thioether (sulfide) groups is 1. The molecule has 1 aromatic carbocycles. The van der Waals surface area contributed by atoms with Crippen LogP contribution >= 0.6 is 23.4 Å². The Kier molecular flexibility index (Phi) is 2.33. The van der Waals surface area contributed by atoms with E-state index in [1.54, 1.807) is 0 Å². The van der Waals surface area contributed by atoms with E-state index in [2.05, 4.69) is 38.1 Å². The SMILES string of the molecule is CC1(C)C(Cl)C1Sc1ccccc1. The molecule has 0 aromatic heterocycles. The zero-order chi connectivity index (χ0) is 9.47. The molecule has 0 nitrogen and oxygen atoms in total. The van der Waals surface area contributed by atoms with Gasteiger partial charge in [-0.25, -0.2) is 0 Å². The third-order valence-corrected chi connectivity index (χ3v) is 5.25. The Hall–Kier alpha value is -0.140. The second-order valence-corrected chi connectivity index (χ2v) is 5.76. The normalized spacial score (nSPS) is 30.1. The van der Waals surface area contributed by atoms with Gasteiger partial charge in [0.1, 0.15) is 0 Å². The average Bonchev–Trinajstić information content (AvgIpc) is 2.57. The third-order valence-electron chi connectivity index (χ3n) is 2.61. The first-order valence-electron chi connectivity index (χ1n) is 4.48. The maximum Gasteiger partial charge on any atom is 0.0526 e. The fraction of sp³-hybridized carbons (Fsp3) is 0.455. The molecule has 1 aromatic rings. The van der Waals surface area contributed by atoms with Gasteiger partial charge >= 0.3 is 0 Å². The number of alkyl halides is 1. The van der Waals surface area contributed by atoms with Crippen LogP contribution in [0.3, 0.4) is 0 Å². The molecular weight excluding hydrogens is 200 g/mol. The van der Waals surface area contributed by atoms with Crippen LogP contribution in [-0.4, -0.2) is 10.6 Å². The van der Waals surface area contributed by atoms with E-state index in [1.807, 2.05) is 17.8 Å². The van der Waals surface area contributed by atoms with Crippen LogP contribution in [0.1, 0.15) is 13.8 Å². The van der Waals surface area contributed by atoms with Crippen molar-refractivity contribution in [1.82, 2.24) is 0 Å². The van der Waals surface area contributed by atoms with Gasteiger partial charge in [-0.15, -0.1) is 23.4 Å². The van der Waals surface area contributed by atoms with Crippen LogP contribution < -0.4 is 0 Å². The van der Waals surface area contributed by atoms with Crippen molar-refractivity contribution in [1.29, 1.82) is 0 Å². The van der Waals surface area contributed by atoms with E-state index >= 15 is 0 Å². The van der Waals surface area contributed by atoms with Crippen molar-refractivity contribution in [3.8, 4) is 0 Å². The van der Waals surface area contributed by atoms with Gasteiger partial charge in [-0.1, -0.05) is 32.0 Å². The van der Waals surface area contributed by atoms with Gasteiger partial charge in [-0.2, -0.15) is 0 Å². The lowest BCUT2D eigenvalue weighted by atomic mass is 10.2. The van der Waals surface area contributed by atoms with E-state index < -0.39 is 0 Å². The molecule has 2 rings (SSSR count). The quantitative estimate of drug-likeness (QED) is 0.673. The Labute approximate surface area is 88.7 Å². The summed E-state index contributed by atoms with van der Waals surface area (Å²) in [6.07, 6.45) is 0. The topological polar surface area (TPSA) is 0 Å². The minimum atomic E-state index is 0.308. The summed E-state index contributed by atoms with van der Waals surface area (Å²) in [5.41, 5.74) is 0.308. The standard InChI is InChI=1S/C11H13ClS/c1-11(2)9(12)10(11)13-8-6-4-3-5-7-8/h3-7,9-10H,1-2H3. The fourth-order valence-corrected chi connectivity index (χ4v) is 3.45. The molecule has 2 atom stereocenters. The monoisotopic (exact) mass is 212 g/mol. The largest absolute Gasteiger partial charge is 0.121 e. The Morgan fingerprint density at radius 2 is 1.77 bits per heavy atom. The zero-order valence-corrected chi connectivity index (χ0v) is 9.40. The zero-order valence-electron chi connectivity index (χ0n) is 7.83. The molecule has 0 radical (unpaired) electrons. The Morgan fingerprint density at radius 3 is 2.23 bits per heavy atom. The van der Waals surface area contributed by atoms with Crippen LogP contribution in [-0.2, 0) is 0 Å². The van der Waals surface area contributed by atoms with Gasteiger partial charge in [0.2, 0.25) is 0 Å². The highest BCUT2D eigenvalue weighted by atomic mass is 35.5. The highest BCUT2D eigenvalue weighted by Gasteiger charge is 2.57. The molecule has 0 bridgehead atoms. The number of benzene rings is 1. The summed E-state index contributed by atoms with van der Waals surface area (Å²) in [6.45, 7) is 4.45. The van der Waals surface area contributed by atoms with Gasteiger partial charge in [0, 0.05) is 10.1 Å². The number of rotatable bonds is 2. The second-order valence-electron chi connectivity index (χ2n) is 4.07.